The van der Waals surface area contributed by atoms with Gasteiger partial charge in [0.25, 0.3) is 11.8 Å². The van der Waals surface area contributed by atoms with Crippen molar-refractivity contribution in [2.45, 2.75) is 25.3 Å². The molecule has 2 aromatic rings. The first-order chi connectivity index (χ1) is 17.3. The summed E-state index contributed by atoms with van der Waals surface area (Å²) in [4.78, 5) is 48.7. The fraction of sp³-hybridized carbons (Fsp3) is 0.292. The summed E-state index contributed by atoms with van der Waals surface area (Å²) in [5.74, 6) is -1.14. The van der Waals surface area contributed by atoms with E-state index in [0.29, 0.717) is 5.75 Å². The van der Waals surface area contributed by atoms with E-state index in [1.165, 1.54) is 23.8 Å². The lowest BCUT2D eigenvalue weighted by molar-refractivity contribution is -0.152. The number of anilines is 1. The van der Waals surface area contributed by atoms with E-state index in [2.05, 4.69) is 15.5 Å². The summed E-state index contributed by atoms with van der Waals surface area (Å²) < 4.78 is 5.48. The van der Waals surface area contributed by atoms with Crippen LogP contribution < -0.4 is 11.1 Å². The first-order valence-corrected chi connectivity index (χ1v) is 12.9. The van der Waals surface area contributed by atoms with E-state index in [9.17, 15) is 14.4 Å². The Morgan fingerprint density at radius 1 is 1.36 bits per heavy atom. The molecule has 0 radical (unpaired) electrons. The number of nitrogens with one attached hydrogen (secondary N) is 1. The zero-order valence-electron chi connectivity index (χ0n) is 19.9. The molecular weight excluding hydrogens is 502 g/mol. The molecule has 0 aliphatic carbocycles. The quantitative estimate of drug-likeness (QED) is 0.231. The molecule has 3 heterocycles. The number of aromatic nitrogens is 1. The van der Waals surface area contributed by atoms with Crippen LogP contribution in [-0.2, 0) is 24.0 Å². The summed E-state index contributed by atoms with van der Waals surface area (Å²) in [5, 5.41) is 7.81. The maximum absolute atomic E-state index is 12.9. The van der Waals surface area contributed by atoms with Crippen LogP contribution in [0.5, 0.6) is 0 Å². The van der Waals surface area contributed by atoms with Crippen molar-refractivity contribution in [3.63, 3.8) is 0 Å². The Kier molecular flexibility index (Phi) is 7.75. The summed E-state index contributed by atoms with van der Waals surface area (Å²) in [6.07, 6.45) is 3.63. The molecule has 1 fully saturated rings. The van der Waals surface area contributed by atoms with E-state index in [0.717, 1.165) is 28.0 Å². The second-order valence-corrected chi connectivity index (χ2v) is 10.1. The number of oxime groups is 1. The highest BCUT2D eigenvalue weighted by Gasteiger charge is 2.53. The van der Waals surface area contributed by atoms with Crippen LogP contribution in [0.3, 0.4) is 0 Å². The van der Waals surface area contributed by atoms with Crippen LogP contribution in [0, 0.1) is 6.92 Å². The van der Waals surface area contributed by atoms with Crippen LogP contribution in [-0.4, -0.2) is 64.3 Å². The highest BCUT2D eigenvalue weighted by atomic mass is 32.2. The standard InChI is InChI=1S/C24H25N5O5S2/c1-13(10-15-7-5-4-6-14(15)2)11-34-23(32)17-8-9-35-22-19(21(31)29(17)22)27-20(30)18(28-33-3)16-12-36-24(25)26-16/h4-8,10,12,19,22H,9,11H2,1-3H3,(H2,25,26)(H,27,30)/b13-10+,28-18-/t19?,22-/m1/s1. The topological polar surface area (TPSA) is 136 Å². The van der Waals surface area contributed by atoms with Gasteiger partial charge in [-0.15, -0.1) is 23.1 Å². The average molecular weight is 528 g/mol. The van der Waals surface area contributed by atoms with Gasteiger partial charge in [0.05, 0.1) is 0 Å². The number of fused-ring (bicyclic) bond motifs is 1. The molecular formula is C24H25N5O5S2. The van der Waals surface area contributed by atoms with Gasteiger partial charge in [-0.05, 0) is 36.6 Å². The van der Waals surface area contributed by atoms with E-state index >= 15 is 0 Å². The number of aryl methyl sites for hydroxylation is 1. The minimum Gasteiger partial charge on any atom is -0.457 e. The monoisotopic (exact) mass is 527 g/mol. The van der Waals surface area contributed by atoms with Crippen LogP contribution in [0.1, 0.15) is 23.7 Å². The van der Waals surface area contributed by atoms with Crippen molar-refractivity contribution < 1.29 is 24.0 Å². The predicted octanol–water partition coefficient (Wildman–Crippen LogP) is 2.31. The van der Waals surface area contributed by atoms with E-state index < -0.39 is 29.2 Å². The molecule has 4 rings (SSSR count). The number of nitrogens with two attached hydrogens (primary N) is 1. The largest absolute Gasteiger partial charge is 0.457 e. The molecule has 10 nitrogen and oxygen atoms in total. The lowest BCUT2D eigenvalue weighted by Crippen LogP contribution is -2.70. The molecule has 1 saturated heterocycles. The Morgan fingerprint density at radius 2 is 2.14 bits per heavy atom. The first-order valence-electron chi connectivity index (χ1n) is 11.0. The molecule has 2 aliphatic heterocycles. The number of esters is 1. The highest BCUT2D eigenvalue weighted by Crippen LogP contribution is 2.38. The normalized spacial score (nSPS) is 19.7. The van der Waals surface area contributed by atoms with Gasteiger partial charge in [0.1, 0.15) is 36.5 Å². The number of benzene rings is 1. The number of amides is 2. The number of ether oxygens (including phenoxy) is 1. The second-order valence-electron chi connectivity index (χ2n) is 8.09. The SMILES string of the molecule is CO/N=C(\C(=O)NC1C(=O)N2C(C(=O)OC/C(C)=C/c3ccccc3C)=CCS[C@H]12)c1csc(N)n1. The number of nitrogen functional groups attached to an aromatic ring is 1. The molecule has 3 N–H and O–H groups in total. The Balaban J connectivity index is 1.38. The van der Waals surface area contributed by atoms with Gasteiger partial charge in [-0.2, -0.15) is 0 Å². The third-order valence-electron chi connectivity index (χ3n) is 5.53. The lowest BCUT2D eigenvalue weighted by Gasteiger charge is -2.48. The van der Waals surface area contributed by atoms with Crippen molar-refractivity contribution in [1.29, 1.82) is 0 Å². The van der Waals surface area contributed by atoms with Gasteiger partial charge in [-0.1, -0.05) is 35.5 Å². The summed E-state index contributed by atoms with van der Waals surface area (Å²) in [7, 11) is 1.30. The molecule has 0 bridgehead atoms. The van der Waals surface area contributed by atoms with Crippen LogP contribution in [0.2, 0.25) is 0 Å². The zero-order valence-corrected chi connectivity index (χ0v) is 21.5. The average Bonchev–Trinajstić information content (AvgIpc) is 3.30. The van der Waals surface area contributed by atoms with E-state index in [1.807, 2.05) is 44.2 Å². The Morgan fingerprint density at radius 3 is 2.83 bits per heavy atom. The molecule has 1 aromatic heterocycles. The maximum atomic E-state index is 12.9. The van der Waals surface area contributed by atoms with Gasteiger partial charge in [0, 0.05) is 11.1 Å². The summed E-state index contributed by atoms with van der Waals surface area (Å²) >= 11 is 2.58. The molecule has 2 aliphatic rings. The number of hydrogen-bond donors (Lipinski definition) is 2. The molecule has 188 valence electrons. The fourth-order valence-electron chi connectivity index (χ4n) is 3.74. The number of thiazole rings is 1. The van der Waals surface area contributed by atoms with Crippen molar-refractivity contribution >= 4 is 57.8 Å². The van der Waals surface area contributed by atoms with Crippen LogP contribution in [0.4, 0.5) is 5.13 Å². The Bertz CT molecular complexity index is 1290. The molecule has 0 spiro atoms. The molecule has 1 unspecified atom stereocenters. The fourth-order valence-corrected chi connectivity index (χ4v) is 5.48. The number of β-lactam (4-membered cyclic amide) rings is 1. The zero-order chi connectivity index (χ0) is 25.8. The van der Waals surface area contributed by atoms with Crippen molar-refractivity contribution in [1.82, 2.24) is 15.2 Å². The van der Waals surface area contributed by atoms with Gasteiger partial charge >= 0.3 is 5.97 Å². The third kappa shape index (κ3) is 5.29. The summed E-state index contributed by atoms with van der Waals surface area (Å²) in [6, 6.07) is 7.08. The van der Waals surface area contributed by atoms with Gasteiger partial charge in [0.2, 0.25) is 0 Å². The maximum Gasteiger partial charge on any atom is 0.355 e. The van der Waals surface area contributed by atoms with E-state index in [4.69, 9.17) is 15.3 Å². The molecule has 1 aromatic carbocycles. The van der Waals surface area contributed by atoms with Crippen LogP contribution >= 0.6 is 23.1 Å². The molecule has 2 amide bonds. The van der Waals surface area contributed by atoms with Crippen LogP contribution in [0.15, 0.2) is 52.1 Å². The second kappa shape index (κ2) is 11.0. The van der Waals surface area contributed by atoms with Crippen molar-refractivity contribution in [2.75, 3.05) is 25.2 Å². The number of hydrogen-bond acceptors (Lipinski definition) is 10. The number of thioether (sulfide) groups is 1. The van der Waals surface area contributed by atoms with Crippen molar-refractivity contribution in [3.8, 4) is 0 Å². The third-order valence-corrected chi connectivity index (χ3v) is 7.38. The van der Waals surface area contributed by atoms with Gasteiger partial charge in [-0.3, -0.25) is 14.5 Å². The molecule has 0 saturated carbocycles. The molecule has 12 heteroatoms. The van der Waals surface area contributed by atoms with E-state index in [-0.39, 0.29) is 28.8 Å². The molecule has 36 heavy (non-hydrogen) atoms. The first kappa shape index (κ1) is 25.5. The van der Waals surface area contributed by atoms with Gasteiger partial charge in [0.15, 0.2) is 10.8 Å². The Labute approximate surface area is 216 Å². The highest BCUT2D eigenvalue weighted by molar-refractivity contribution is 8.00. The smallest absolute Gasteiger partial charge is 0.355 e. The summed E-state index contributed by atoms with van der Waals surface area (Å²) in [6.45, 7) is 3.98. The van der Waals surface area contributed by atoms with Crippen LogP contribution in [0.25, 0.3) is 6.08 Å². The minimum absolute atomic E-state index is 0.0939. The molecule has 2 atom stereocenters. The number of carbonyl (C=O) groups excluding carboxylic acids is 3. The van der Waals surface area contributed by atoms with Gasteiger partial charge < -0.3 is 20.6 Å². The predicted molar refractivity (Wildman–Crippen MR) is 139 cm³/mol. The number of nitrogens with zero attached hydrogens (tertiary/aromatic N) is 3. The van der Waals surface area contributed by atoms with Crippen molar-refractivity contribution in [3.05, 3.63) is 63.8 Å². The Hall–Kier alpha value is -3.64. The number of rotatable bonds is 8. The van der Waals surface area contributed by atoms with E-state index in [1.54, 1.807) is 11.5 Å². The lowest BCUT2D eigenvalue weighted by atomic mass is 10.0. The van der Waals surface area contributed by atoms with Crippen molar-refractivity contribution in [2.24, 2.45) is 5.16 Å². The minimum atomic E-state index is -0.834. The number of carbonyl (C=O) groups is 3. The summed E-state index contributed by atoms with van der Waals surface area (Å²) in [5.41, 5.74) is 9.02. The van der Waals surface area contributed by atoms with Gasteiger partial charge in [-0.25, -0.2) is 9.78 Å².